The Hall–Kier alpha value is -1.77. The summed E-state index contributed by atoms with van der Waals surface area (Å²) in [4.78, 5) is 18.5. The summed E-state index contributed by atoms with van der Waals surface area (Å²) in [7, 11) is 0. The maximum absolute atomic E-state index is 11.0. The SMILES string of the molecule is C=Nc1ccc(C(C)=O)cc1N=C. The monoisotopic (exact) mass is 174 g/mol. The van der Waals surface area contributed by atoms with E-state index < -0.39 is 0 Å². The lowest BCUT2D eigenvalue weighted by Gasteiger charge is -2.00. The highest BCUT2D eigenvalue weighted by molar-refractivity contribution is 5.95. The maximum Gasteiger partial charge on any atom is 0.159 e. The normalized spacial score (nSPS) is 9.31. The lowest BCUT2D eigenvalue weighted by Crippen LogP contribution is -1.90. The maximum atomic E-state index is 11.0. The number of carbonyl (C=O) groups is 1. The van der Waals surface area contributed by atoms with Crippen molar-refractivity contribution in [1.29, 1.82) is 0 Å². The van der Waals surface area contributed by atoms with E-state index in [9.17, 15) is 4.79 Å². The molecule has 3 nitrogen and oxygen atoms in total. The zero-order chi connectivity index (χ0) is 9.84. The number of Topliss-reactive ketones (excluding diaryl/α,β-unsaturated/α-hetero) is 1. The van der Waals surface area contributed by atoms with E-state index in [0.29, 0.717) is 16.9 Å². The van der Waals surface area contributed by atoms with Crippen LogP contribution in [0.3, 0.4) is 0 Å². The Kier molecular flexibility index (Phi) is 2.69. The van der Waals surface area contributed by atoms with Crippen molar-refractivity contribution in [2.24, 2.45) is 9.98 Å². The van der Waals surface area contributed by atoms with Crippen LogP contribution in [0.1, 0.15) is 17.3 Å². The first-order valence-corrected chi connectivity index (χ1v) is 3.77. The van der Waals surface area contributed by atoms with Crippen LogP contribution in [0, 0.1) is 0 Å². The van der Waals surface area contributed by atoms with Crippen molar-refractivity contribution in [1.82, 2.24) is 0 Å². The van der Waals surface area contributed by atoms with E-state index in [2.05, 4.69) is 23.4 Å². The molecule has 66 valence electrons. The summed E-state index contributed by atoms with van der Waals surface area (Å²) in [5.41, 5.74) is 1.83. The summed E-state index contributed by atoms with van der Waals surface area (Å²) >= 11 is 0. The summed E-state index contributed by atoms with van der Waals surface area (Å²) in [6, 6.07) is 5.05. The molecule has 0 aromatic heterocycles. The second-order valence-corrected chi connectivity index (χ2v) is 2.58. The fourth-order valence-corrected chi connectivity index (χ4v) is 1.00. The van der Waals surface area contributed by atoms with Crippen LogP contribution >= 0.6 is 0 Å². The molecule has 0 radical (unpaired) electrons. The Bertz CT molecular complexity index is 369. The van der Waals surface area contributed by atoms with Gasteiger partial charge in [-0.3, -0.25) is 14.8 Å². The number of benzene rings is 1. The van der Waals surface area contributed by atoms with Gasteiger partial charge in [-0.1, -0.05) is 0 Å². The number of hydrogen-bond donors (Lipinski definition) is 0. The minimum Gasteiger partial charge on any atom is -0.295 e. The van der Waals surface area contributed by atoms with Gasteiger partial charge in [-0.2, -0.15) is 0 Å². The number of aliphatic imine (C=N–C) groups is 2. The predicted octanol–water partition coefficient (Wildman–Crippen LogP) is 2.55. The van der Waals surface area contributed by atoms with Gasteiger partial charge in [-0.15, -0.1) is 0 Å². The Labute approximate surface area is 76.8 Å². The standard InChI is InChI=1S/C10H10N2O/c1-7(13)8-4-5-9(11-2)10(6-8)12-3/h4-6H,2-3H2,1H3. The summed E-state index contributed by atoms with van der Waals surface area (Å²) in [6.45, 7) is 8.29. The summed E-state index contributed by atoms with van der Waals surface area (Å²) < 4.78 is 0. The topological polar surface area (TPSA) is 41.8 Å². The minimum atomic E-state index is 0.000474. The molecule has 1 aromatic rings. The first-order valence-electron chi connectivity index (χ1n) is 3.77. The van der Waals surface area contributed by atoms with Gasteiger partial charge in [0.05, 0.1) is 11.4 Å². The Morgan fingerprint density at radius 2 is 1.85 bits per heavy atom. The van der Waals surface area contributed by atoms with E-state index in [1.165, 1.54) is 6.92 Å². The molecule has 0 amide bonds. The molecule has 13 heavy (non-hydrogen) atoms. The van der Waals surface area contributed by atoms with Crippen LogP contribution in [0.4, 0.5) is 11.4 Å². The highest BCUT2D eigenvalue weighted by Crippen LogP contribution is 2.27. The highest BCUT2D eigenvalue weighted by Gasteiger charge is 2.03. The summed E-state index contributed by atoms with van der Waals surface area (Å²) in [5, 5.41) is 0. The molecule has 0 bridgehead atoms. The van der Waals surface area contributed by atoms with Crippen LogP contribution in [0.2, 0.25) is 0 Å². The van der Waals surface area contributed by atoms with Gasteiger partial charge in [-0.05, 0) is 38.6 Å². The lowest BCUT2D eigenvalue weighted by atomic mass is 10.1. The van der Waals surface area contributed by atoms with E-state index in [0.717, 1.165) is 0 Å². The molecule has 3 heteroatoms. The molecule has 0 aliphatic rings. The van der Waals surface area contributed by atoms with Gasteiger partial charge < -0.3 is 0 Å². The molecule has 1 rings (SSSR count). The lowest BCUT2D eigenvalue weighted by molar-refractivity contribution is 0.101. The van der Waals surface area contributed by atoms with E-state index in [4.69, 9.17) is 0 Å². The van der Waals surface area contributed by atoms with Crippen molar-refractivity contribution in [3.8, 4) is 0 Å². The third-order valence-corrected chi connectivity index (χ3v) is 1.72. The number of ketones is 1. The van der Waals surface area contributed by atoms with E-state index in [1.54, 1.807) is 18.2 Å². The van der Waals surface area contributed by atoms with Crippen LogP contribution in [0.25, 0.3) is 0 Å². The van der Waals surface area contributed by atoms with Gasteiger partial charge in [0.1, 0.15) is 0 Å². The molecule has 0 heterocycles. The molecule has 1 aromatic carbocycles. The molecule has 0 atom stereocenters. The van der Waals surface area contributed by atoms with Crippen LogP contribution in [-0.2, 0) is 0 Å². The third kappa shape index (κ3) is 1.87. The smallest absolute Gasteiger partial charge is 0.159 e. The Morgan fingerprint density at radius 3 is 2.31 bits per heavy atom. The number of rotatable bonds is 3. The Balaban J connectivity index is 3.28. The predicted molar refractivity (Wildman–Crippen MR) is 54.9 cm³/mol. The van der Waals surface area contributed by atoms with E-state index >= 15 is 0 Å². The minimum absolute atomic E-state index is 0.000474. The van der Waals surface area contributed by atoms with Crippen LogP contribution < -0.4 is 0 Å². The highest BCUT2D eigenvalue weighted by atomic mass is 16.1. The zero-order valence-electron chi connectivity index (χ0n) is 7.45. The molecule has 0 aliphatic heterocycles. The molecular formula is C10H10N2O. The zero-order valence-corrected chi connectivity index (χ0v) is 7.45. The number of nitrogens with zero attached hydrogens (tertiary/aromatic N) is 2. The third-order valence-electron chi connectivity index (χ3n) is 1.72. The van der Waals surface area contributed by atoms with Gasteiger partial charge >= 0.3 is 0 Å². The van der Waals surface area contributed by atoms with Crippen LogP contribution in [-0.4, -0.2) is 19.2 Å². The first kappa shape index (κ1) is 9.32. The molecule has 0 spiro atoms. The van der Waals surface area contributed by atoms with Crippen LogP contribution in [0.5, 0.6) is 0 Å². The van der Waals surface area contributed by atoms with Gasteiger partial charge in [0, 0.05) is 5.56 Å². The van der Waals surface area contributed by atoms with E-state index in [-0.39, 0.29) is 5.78 Å². The average Bonchev–Trinajstić information content (AvgIpc) is 2.16. The average molecular weight is 174 g/mol. The molecule has 0 saturated heterocycles. The molecule has 0 fully saturated rings. The summed E-state index contributed by atoms with van der Waals surface area (Å²) in [5.74, 6) is 0.000474. The van der Waals surface area contributed by atoms with Crippen molar-refractivity contribution >= 4 is 30.6 Å². The van der Waals surface area contributed by atoms with Gasteiger partial charge in [0.25, 0.3) is 0 Å². The van der Waals surface area contributed by atoms with E-state index in [1.807, 2.05) is 0 Å². The van der Waals surface area contributed by atoms with Crippen molar-refractivity contribution in [3.05, 3.63) is 23.8 Å². The number of hydrogen-bond acceptors (Lipinski definition) is 3. The van der Waals surface area contributed by atoms with Crippen molar-refractivity contribution in [3.63, 3.8) is 0 Å². The second kappa shape index (κ2) is 3.76. The fourth-order valence-electron chi connectivity index (χ4n) is 1.00. The van der Waals surface area contributed by atoms with Crippen LogP contribution in [0.15, 0.2) is 28.2 Å². The second-order valence-electron chi connectivity index (χ2n) is 2.58. The number of carbonyl (C=O) groups excluding carboxylic acids is 1. The summed E-state index contributed by atoms with van der Waals surface area (Å²) in [6.07, 6.45) is 0. The van der Waals surface area contributed by atoms with Crippen molar-refractivity contribution < 1.29 is 4.79 Å². The van der Waals surface area contributed by atoms with Gasteiger partial charge in [0.15, 0.2) is 5.78 Å². The molecule has 0 unspecified atom stereocenters. The molecule has 0 aliphatic carbocycles. The quantitative estimate of drug-likeness (QED) is 0.512. The van der Waals surface area contributed by atoms with Gasteiger partial charge in [0.2, 0.25) is 0 Å². The van der Waals surface area contributed by atoms with Gasteiger partial charge in [-0.25, -0.2) is 0 Å². The first-order chi connectivity index (χ1) is 6.19. The molecule has 0 N–H and O–H groups in total. The molecular weight excluding hydrogens is 164 g/mol. The molecule has 0 saturated carbocycles. The largest absolute Gasteiger partial charge is 0.295 e. The Morgan fingerprint density at radius 1 is 1.23 bits per heavy atom. The van der Waals surface area contributed by atoms with Crippen molar-refractivity contribution in [2.75, 3.05) is 0 Å². The fraction of sp³-hybridized carbons (Fsp3) is 0.100. The van der Waals surface area contributed by atoms with Crippen molar-refractivity contribution in [2.45, 2.75) is 6.92 Å².